The van der Waals surface area contributed by atoms with Gasteiger partial charge in [-0.25, -0.2) is 0 Å². The molecule has 0 aliphatic carbocycles. The van der Waals surface area contributed by atoms with Gasteiger partial charge in [0.15, 0.2) is 0 Å². The van der Waals surface area contributed by atoms with E-state index in [4.69, 9.17) is 42.6 Å². The van der Waals surface area contributed by atoms with Gasteiger partial charge in [0.1, 0.15) is 5.69 Å². The van der Waals surface area contributed by atoms with Gasteiger partial charge in [-0.2, -0.15) is 0 Å². The first-order chi connectivity index (χ1) is 22.0. The van der Waals surface area contributed by atoms with Crippen molar-refractivity contribution in [3.63, 3.8) is 0 Å². The summed E-state index contributed by atoms with van der Waals surface area (Å²) in [6.45, 7) is 13.3. The highest BCUT2D eigenvalue weighted by Crippen LogP contribution is 2.28. The van der Waals surface area contributed by atoms with E-state index in [9.17, 15) is 20.2 Å². The SMILES string of the molecule is CCC(C)COCCOCCOCCOCCOCCOCCOCCOCCOCCNc1ccc([N+](=O)[O-])cc1[N+](=O)[O-]. The normalized spacial score (nSPS) is 12.0. The van der Waals surface area contributed by atoms with Gasteiger partial charge < -0.3 is 47.9 Å². The van der Waals surface area contributed by atoms with Crippen LogP contribution in [0.4, 0.5) is 17.1 Å². The molecule has 16 nitrogen and oxygen atoms in total. The summed E-state index contributed by atoms with van der Waals surface area (Å²) >= 11 is 0. The van der Waals surface area contributed by atoms with Crippen LogP contribution in [0.25, 0.3) is 0 Å². The first-order valence-corrected chi connectivity index (χ1v) is 15.3. The van der Waals surface area contributed by atoms with Crippen LogP contribution in [0.15, 0.2) is 18.2 Å². The Morgan fingerprint density at radius 3 is 1.33 bits per heavy atom. The fourth-order valence-electron chi connectivity index (χ4n) is 3.35. The van der Waals surface area contributed by atoms with Gasteiger partial charge in [-0.05, 0) is 12.0 Å². The van der Waals surface area contributed by atoms with E-state index in [1.54, 1.807) is 0 Å². The lowest BCUT2D eigenvalue weighted by atomic mass is 10.1. The third-order valence-electron chi connectivity index (χ3n) is 6.03. The standard InChI is InChI=1S/C29H51N3O13/c1-3-26(2)25-45-23-22-44-21-20-43-19-18-42-17-16-41-15-14-40-13-12-39-11-10-38-9-8-37-7-6-30-28-5-4-27(31(33)34)24-29(28)32(35)36/h4-5,24,26,30H,3,6-23,25H2,1-2H3. The number of nitro benzene ring substituents is 2. The molecular weight excluding hydrogens is 598 g/mol. The minimum atomic E-state index is -0.679. The molecule has 1 N–H and O–H groups in total. The quantitative estimate of drug-likeness (QED) is 0.0666. The average Bonchev–Trinajstić information content (AvgIpc) is 3.03. The monoisotopic (exact) mass is 649 g/mol. The Balaban J connectivity index is 1.76. The van der Waals surface area contributed by atoms with E-state index in [1.807, 2.05) is 0 Å². The summed E-state index contributed by atoms with van der Waals surface area (Å²) in [6.07, 6.45) is 1.12. The highest BCUT2D eigenvalue weighted by molar-refractivity contribution is 5.65. The van der Waals surface area contributed by atoms with E-state index in [0.717, 1.165) is 19.1 Å². The van der Waals surface area contributed by atoms with Crippen molar-refractivity contribution in [2.24, 2.45) is 5.92 Å². The Kier molecular flexibility index (Phi) is 26.0. The van der Waals surface area contributed by atoms with E-state index in [0.29, 0.717) is 118 Å². The van der Waals surface area contributed by atoms with Crippen LogP contribution in [0, 0.1) is 26.1 Å². The molecule has 0 fully saturated rings. The predicted octanol–water partition coefficient (Wildman–Crippen LogP) is 3.11. The molecule has 1 aromatic carbocycles. The lowest BCUT2D eigenvalue weighted by Gasteiger charge is -2.10. The zero-order valence-electron chi connectivity index (χ0n) is 26.7. The van der Waals surface area contributed by atoms with Crippen LogP contribution in [0.3, 0.4) is 0 Å². The van der Waals surface area contributed by atoms with Crippen molar-refractivity contribution in [2.45, 2.75) is 20.3 Å². The predicted molar refractivity (Wildman–Crippen MR) is 165 cm³/mol. The summed E-state index contributed by atoms with van der Waals surface area (Å²) in [5.74, 6) is 0.583. The largest absolute Gasteiger partial charge is 0.379 e. The minimum absolute atomic E-state index is 0.189. The van der Waals surface area contributed by atoms with E-state index in [1.165, 1.54) is 12.1 Å². The molecule has 16 heteroatoms. The molecule has 1 aromatic rings. The smallest absolute Gasteiger partial charge is 0.299 e. The molecule has 0 aliphatic heterocycles. The first-order valence-electron chi connectivity index (χ1n) is 15.3. The second-order valence-electron chi connectivity index (χ2n) is 9.63. The Labute approximate surface area is 265 Å². The first kappa shape index (κ1) is 40.5. The number of non-ortho nitro benzene ring substituents is 1. The lowest BCUT2D eigenvalue weighted by Crippen LogP contribution is -2.16. The Hall–Kier alpha value is -2.54. The van der Waals surface area contributed by atoms with Crippen molar-refractivity contribution in [1.82, 2.24) is 0 Å². The topological polar surface area (TPSA) is 181 Å². The summed E-state index contributed by atoms with van der Waals surface area (Å²) in [5, 5.41) is 24.8. The van der Waals surface area contributed by atoms with Crippen molar-refractivity contribution in [3.8, 4) is 0 Å². The highest BCUT2D eigenvalue weighted by atomic mass is 16.6. The minimum Gasteiger partial charge on any atom is -0.379 e. The molecule has 0 bridgehead atoms. The molecule has 0 radical (unpaired) electrons. The molecule has 260 valence electrons. The number of nitrogens with zero attached hydrogens (tertiary/aromatic N) is 2. The van der Waals surface area contributed by atoms with Crippen LogP contribution >= 0.6 is 0 Å². The van der Waals surface area contributed by atoms with Gasteiger partial charge in [0.05, 0.1) is 128 Å². The van der Waals surface area contributed by atoms with Gasteiger partial charge in [-0.1, -0.05) is 20.3 Å². The van der Waals surface area contributed by atoms with Crippen molar-refractivity contribution < 1.29 is 52.5 Å². The maximum atomic E-state index is 11.1. The third-order valence-corrected chi connectivity index (χ3v) is 6.03. The number of hydrogen-bond donors (Lipinski definition) is 1. The fourth-order valence-corrected chi connectivity index (χ4v) is 3.35. The van der Waals surface area contributed by atoms with Gasteiger partial charge in [-0.15, -0.1) is 0 Å². The second-order valence-corrected chi connectivity index (χ2v) is 9.63. The Bertz CT molecular complexity index is 882. The van der Waals surface area contributed by atoms with Gasteiger partial charge in [0.2, 0.25) is 0 Å². The molecule has 0 aromatic heterocycles. The molecule has 1 atom stereocenters. The zero-order valence-corrected chi connectivity index (χ0v) is 26.7. The maximum absolute atomic E-state index is 11.1. The molecule has 0 heterocycles. The van der Waals surface area contributed by atoms with E-state index in [2.05, 4.69) is 19.2 Å². The van der Waals surface area contributed by atoms with Gasteiger partial charge in [0.25, 0.3) is 11.4 Å². The van der Waals surface area contributed by atoms with Crippen molar-refractivity contribution >= 4 is 17.1 Å². The number of benzene rings is 1. The number of hydrogen-bond acceptors (Lipinski definition) is 14. The van der Waals surface area contributed by atoms with Crippen LogP contribution in [0.5, 0.6) is 0 Å². The number of nitrogens with one attached hydrogen (secondary N) is 1. The summed E-state index contributed by atoms with van der Waals surface area (Å²) in [7, 11) is 0. The lowest BCUT2D eigenvalue weighted by molar-refractivity contribution is -0.393. The van der Waals surface area contributed by atoms with Crippen LogP contribution in [0.2, 0.25) is 0 Å². The van der Waals surface area contributed by atoms with Crippen LogP contribution in [0.1, 0.15) is 20.3 Å². The number of ether oxygens (including phenoxy) is 9. The number of nitro groups is 2. The summed E-state index contributed by atoms with van der Waals surface area (Å²) in [6, 6.07) is 3.43. The summed E-state index contributed by atoms with van der Waals surface area (Å²) in [5.41, 5.74) is -0.517. The Morgan fingerprint density at radius 1 is 0.600 bits per heavy atom. The van der Waals surface area contributed by atoms with Crippen molar-refractivity contribution in [1.29, 1.82) is 0 Å². The molecule has 0 spiro atoms. The Morgan fingerprint density at radius 2 is 0.978 bits per heavy atom. The summed E-state index contributed by atoms with van der Waals surface area (Å²) < 4.78 is 49.1. The molecule has 45 heavy (non-hydrogen) atoms. The van der Waals surface area contributed by atoms with Crippen LogP contribution in [-0.2, 0) is 42.6 Å². The van der Waals surface area contributed by atoms with Crippen LogP contribution in [-0.4, -0.2) is 135 Å². The molecular formula is C29H51N3O13. The number of rotatable bonds is 33. The van der Waals surface area contributed by atoms with Gasteiger partial charge >= 0.3 is 0 Å². The van der Waals surface area contributed by atoms with Crippen LogP contribution < -0.4 is 5.32 Å². The molecule has 0 saturated heterocycles. The molecule has 0 saturated carbocycles. The molecule has 0 aliphatic rings. The molecule has 1 rings (SSSR count). The highest BCUT2D eigenvalue weighted by Gasteiger charge is 2.19. The molecule has 0 amide bonds. The van der Waals surface area contributed by atoms with E-state index < -0.39 is 9.85 Å². The third kappa shape index (κ3) is 23.5. The van der Waals surface area contributed by atoms with E-state index in [-0.39, 0.29) is 23.7 Å². The van der Waals surface area contributed by atoms with Gasteiger partial charge in [0, 0.05) is 19.2 Å². The fraction of sp³-hybridized carbons (Fsp3) is 0.793. The van der Waals surface area contributed by atoms with E-state index >= 15 is 0 Å². The maximum Gasteiger partial charge on any atom is 0.299 e. The van der Waals surface area contributed by atoms with Crippen molar-refractivity contribution in [2.75, 3.05) is 131 Å². The second kappa shape index (κ2) is 28.9. The summed E-state index contributed by atoms with van der Waals surface area (Å²) in [4.78, 5) is 20.6. The van der Waals surface area contributed by atoms with Gasteiger partial charge in [-0.3, -0.25) is 20.2 Å². The average molecular weight is 650 g/mol. The molecule has 1 unspecified atom stereocenters. The van der Waals surface area contributed by atoms with Crippen molar-refractivity contribution in [3.05, 3.63) is 38.4 Å². The zero-order chi connectivity index (χ0) is 32.8. The number of anilines is 1.